The molecule has 0 aromatic heterocycles. The predicted molar refractivity (Wildman–Crippen MR) is 88.5 cm³/mol. The minimum atomic E-state index is -0.152. The Kier molecular flexibility index (Phi) is 4.77. The topological polar surface area (TPSA) is 29.3 Å². The molecule has 0 radical (unpaired) electrons. The van der Waals surface area contributed by atoms with Gasteiger partial charge >= 0.3 is 0 Å². The molecule has 1 saturated heterocycles. The smallest absolute Gasteiger partial charge is 0.127 e. The van der Waals surface area contributed by atoms with E-state index in [0.29, 0.717) is 12.5 Å². The maximum absolute atomic E-state index is 13.8. The van der Waals surface area contributed by atoms with Crippen LogP contribution in [-0.4, -0.2) is 24.0 Å². The molecule has 3 rings (SSSR count). The van der Waals surface area contributed by atoms with Crippen LogP contribution in [0.2, 0.25) is 5.02 Å². The van der Waals surface area contributed by atoms with Gasteiger partial charge in [-0.2, -0.15) is 0 Å². The maximum Gasteiger partial charge on any atom is 0.127 e. The summed E-state index contributed by atoms with van der Waals surface area (Å²) < 4.78 is 13.8. The van der Waals surface area contributed by atoms with Crippen LogP contribution in [0.4, 0.5) is 4.39 Å². The summed E-state index contributed by atoms with van der Waals surface area (Å²) in [6, 6.07) is 15.0. The van der Waals surface area contributed by atoms with Gasteiger partial charge in [0.1, 0.15) is 5.82 Å². The molecule has 2 aromatic rings. The number of benzene rings is 2. The molecule has 1 fully saturated rings. The van der Waals surface area contributed by atoms with Gasteiger partial charge in [0.15, 0.2) is 0 Å². The van der Waals surface area contributed by atoms with Crippen LogP contribution in [0.25, 0.3) is 0 Å². The number of piperidine rings is 1. The Bertz CT molecular complexity index is 646. The SMILES string of the molecule is NC1CC(c2cccc(Cl)c2)CN(Cc2ccccc2F)C1. The maximum atomic E-state index is 13.8. The minimum absolute atomic E-state index is 0.101. The zero-order valence-electron chi connectivity index (χ0n) is 12.4. The molecule has 2 nitrogen and oxygen atoms in total. The highest BCUT2D eigenvalue weighted by Crippen LogP contribution is 2.29. The normalized spacial score (nSPS) is 22.7. The summed E-state index contributed by atoms with van der Waals surface area (Å²) in [7, 11) is 0. The number of nitrogens with zero attached hydrogens (tertiary/aromatic N) is 1. The molecule has 1 aliphatic heterocycles. The minimum Gasteiger partial charge on any atom is -0.327 e. The number of halogens is 2. The van der Waals surface area contributed by atoms with Crippen LogP contribution < -0.4 is 5.73 Å². The molecule has 0 saturated carbocycles. The van der Waals surface area contributed by atoms with Crippen LogP contribution in [0.15, 0.2) is 48.5 Å². The highest BCUT2D eigenvalue weighted by Gasteiger charge is 2.26. The highest BCUT2D eigenvalue weighted by atomic mass is 35.5. The van der Waals surface area contributed by atoms with Gasteiger partial charge in [0.25, 0.3) is 0 Å². The third-order valence-electron chi connectivity index (χ3n) is 4.23. The predicted octanol–water partition coefficient (Wildman–Crippen LogP) is 3.80. The van der Waals surface area contributed by atoms with E-state index in [9.17, 15) is 4.39 Å². The van der Waals surface area contributed by atoms with Gasteiger partial charge in [0, 0.05) is 36.3 Å². The van der Waals surface area contributed by atoms with Gasteiger partial charge < -0.3 is 5.73 Å². The number of hydrogen-bond donors (Lipinski definition) is 1. The molecule has 2 unspecified atom stereocenters. The Balaban J connectivity index is 1.75. The molecule has 0 amide bonds. The molecule has 0 aliphatic carbocycles. The first-order valence-electron chi connectivity index (χ1n) is 7.58. The van der Waals surface area contributed by atoms with E-state index in [1.54, 1.807) is 6.07 Å². The fourth-order valence-corrected chi connectivity index (χ4v) is 3.43. The fourth-order valence-electron chi connectivity index (χ4n) is 3.23. The molecule has 4 heteroatoms. The van der Waals surface area contributed by atoms with Crippen molar-refractivity contribution in [3.8, 4) is 0 Å². The second-order valence-electron chi connectivity index (χ2n) is 6.03. The van der Waals surface area contributed by atoms with Crippen molar-refractivity contribution in [1.82, 2.24) is 4.90 Å². The van der Waals surface area contributed by atoms with Crippen molar-refractivity contribution in [3.05, 3.63) is 70.5 Å². The lowest BCUT2D eigenvalue weighted by Crippen LogP contribution is -2.45. The summed E-state index contributed by atoms with van der Waals surface area (Å²) in [5, 5.41) is 0.747. The average molecular weight is 319 g/mol. The molecule has 2 N–H and O–H groups in total. The average Bonchev–Trinajstić information content (AvgIpc) is 2.49. The molecule has 0 bridgehead atoms. The van der Waals surface area contributed by atoms with Crippen molar-refractivity contribution in [2.45, 2.75) is 24.9 Å². The van der Waals surface area contributed by atoms with Crippen LogP contribution in [0.3, 0.4) is 0 Å². The number of likely N-dealkylation sites (tertiary alicyclic amines) is 1. The first kappa shape index (κ1) is 15.5. The van der Waals surface area contributed by atoms with E-state index < -0.39 is 0 Å². The summed E-state index contributed by atoms with van der Waals surface area (Å²) in [5.74, 6) is 0.190. The highest BCUT2D eigenvalue weighted by molar-refractivity contribution is 6.30. The van der Waals surface area contributed by atoms with Crippen LogP contribution >= 0.6 is 11.6 Å². The largest absolute Gasteiger partial charge is 0.327 e. The van der Waals surface area contributed by atoms with Gasteiger partial charge in [-0.05, 0) is 36.1 Å². The summed E-state index contributed by atoms with van der Waals surface area (Å²) >= 11 is 6.09. The second-order valence-corrected chi connectivity index (χ2v) is 6.47. The number of nitrogens with two attached hydrogens (primary N) is 1. The Morgan fingerprint density at radius 1 is 1.14 bits per heavy atom. The summed E-state index contributed by atoms with van der Waals surface area (Å²) in [4.78, 5) is 2.23. The van der Waals surface area contributed by atoms with Gasteiger partial charge in [-0.3, -0.25) is 4.90 Å². The standard InChI is InChI=1S/C18H20ClFN2/c19-16-6-3-5-13(8-16)15-9-17(21)12-22(11-15)10-14-4-1-2-7-18(14)20/h1-8,15,17H,9-12,21H2. The van der Waals surface area contributed by atoms with Gasteiger partial charge in [0.05, 0.1) is 0 Å². The lowest BCUT2D eigenvalue weighted by molar-refractivity contribution is 0.179. The zero-order valence-corrected chi connectivity index (χ0v) is 13.1. The summed E-state index contributed by atoms with van der Waals surface area (Å²) in [6.45, 7) is 2.27. The first-order valence-corrected chi connectivity index (χ1v) is 7.96. The quantitative estimate of drug-likeness (QED) is 0.932. The first-order chi connectivity index (χ1) is 10.6. The Morgan fingerprint density at radius 3 is 2.73 bits per heavy atom. The van der Waals surface area contributed by atoms with E-state index in [4.69, 9.17) is 17.3 Å². The molecule has 0 spiro atoms. The van der Waals surface area contributed by atoms with Gasteiger partial charge in [-0.25, -0.2) is 4.39 Å². The summed E-state index contributed by atoms with van der Waals surface area (Å²) in [6.07, 6.45) is 0.939. The molecular formula is C18H20ClFN2. The number of rotatable bonds is 3. The summed E-state index contributed by atoms with van der Waals surface area (Å²) in [5.41, 5.74) is 8.15. The molecule has 1 aliphatic rings. The van der Waals surface area contributed by atoms with Crippen LogP contribution in [-0.2, 0) is 6.54 Å². The zero-order chi connectivity index (χ0) is 15.5. The van der Waals surface area contributed by atoms with Crippen molar-refractivity contribution >= 4 is 11.6 Å². The van der Waals surface area contributed by atoms with E-state index >= 15 is 0 Å². The van der Waals surface area contributed by atoms with E-state index in [-0.39, 0.29) is 11.9 Å². The molecule has 22 heavy (non-hydrogen) atoms. The fraction of sp³-hybridized carbons (Fsp3) is 0.333. The van der Waals surface area contributed by atoms with Crippen LogP contribution in [0.1, 0.15) is 23.5 Å². The van der Waals surface area contributed by atoms with Crippen molar-refractivity contribution < 1.29 is 4.39 Å². The Hall–Kier alpha value is -1.42. The lowest BCUT2D eigenvalue weighted by Gasteiger charge is -2.36. The van der Waals surface area contributed by atoms with Gasteiger partial charge in [-0.15, -0.1) is 0 Å². The van der Waals surface area contributed by atoms with E-state index in [1.165, 1.54) is 11.6 Å². The molecule has 2 aromatic carbocycles. The van der Waals surface area contributed by atoms with Crippen LogP contribution in [0, 0.1) is 5.82 Å². The van der Waals surface area contributed by atoms with Gasteiger partial charge in [0.2, 0.25) is 0 Å². The van der Waals surface area contributed by atoms with Crippen molar-refractivity contribution in [2.75, 3.05) is 13.1 Å². The van der Waals surface area contributed by atoms with E-state index in [2.05, 4.69) is 11.0 Å². The molecule has 1 heterocycles. The molecular weight excluding hydrogens is 299 g/mol. The third kappa shape index (κ3) is 3.67. The molecule has 2 atom stereocenters. The van der Waals surface area contributed by atoms with Crippen molar-refractivity contribution in [2.24, 2.45) is 5.73 Å². The third-order valence-corrected chi connectivity index (χ3v) is 4.47. The van der Waals surface area contributed by atoms with Crippen molar-refractivity contribution in [1.29, 1.82) is 0 Å². The van der Waals surface area contributed by atoms with Crippen molar-refractivity contribution in [3.63, 3.8) is 0 Å². The molecule has 116 valence electrons. The number of hydrogen-bond acceptors (Lipinski definition) is 2. The lowest BCUT2D eigenvalue weighted by atomic mass is 9.88. The second kappa shape index (κ2) is 6.78. The van der Waals surface area contributed by atoms with E-state index in [1.807, 2.05) is 30.3 Å². The van der Waals surface area contributed by atoms with Gasteiger partial charge in [-0.1, -0.05) is 41.9 Å². The Labute approximate surface area is 135 Å². The Morgan fingerprint density at radius 2 is 1.95 bits per heavy atom. The monoisotopic (exact) mass is 318 g/mol. The van der Waals surface area contributed by atoms with E-state index in [0.717, 1.165) is 30.1 Å². The van der Waals surface area contributed by atoms with Crippen LogP contribution in [0.5, 0.6) is 0 Å².